The second-order valence-corrected chi connectivity index (χ2v) is 13.9. The number of rotatable bonds is 15. The topological polar surface area (TPSA) is 213 Å². The highest BCUT2D eigenvalue weighted by atomic mass is 16.6. The largest absolute Gasteiger partial charge is 0.458 e. The number of unbranched alkanes of at least 4 members (excludes halogenated alkanes) is 4. The predicted octanol–water partition coefficient (Wildman–Crippen LogP) is 3.78. The van der Waals surface area contributed by atoms with E-state index in [2.05, 4.69) is 17.2 Å². The van der Waals surface area contributed by atoms with E-state index >= 15 is 0 Å². The number of fused-ring (bicyclic) bond motifs is 5. The third-order valence-corrected chi connectivity index (χ3v) is 9.93. The van der Waals surface area contributed by atoms with Crippen LogP contribution in [0.2, 0.25) is 0 Å². The van der Waals surface area contributed by atoms with Crippen LogP contribution in [-0.2, 0) is 49.1 Å². The van der Waals surface area contributed by atoms with Crippen molar-refractivity contribution in [2.75, 3.05) is 13.6 Å². The van der Waals surface area contributed by atoms with Gasteiger partial charge in [0.25, 0.3) is 11.5 Å². The first-order chi connectivity index (χ1) is 25.7. The lowest BCUT2D eigenvalue weighted by molar-refractivity contribution is -0.172. The summed E-state index contributed by atoms with van der Waals surface area (Å²) in [5.74, 6) is -2.56. The summed E-state index contributed by atoms with van der Waals surface area (Å²) in [6.07, 6.45) is 4.23. The second-order valence-electron chi connectivity index (χ2n) is 13.9. The van der Waals surface area contributed by atoms with Gasteiger partial charge in [-0.15, -0.1) is 0 Å². The van der Waals surface area contributed by atoms with Crippen LogP contribution in [0, 0.1) is 0 Å². The highest BCUT2D eigenvalue weighted by Gasteiger charge is 2.45. The molecule has 5 rings (SSSR count). The first kappa shape index (κ1) is 39.8. The number of nitrogens with zero attached hydrogens (tertiary/aromatic N) is 4. The van der Waals surface area contributed by atoms with Crippen LogP contribution in [-0.4, -0.2) is 74.7 Å². The first-order valence-electron chi connectivity index (χ1n) is 18.5. The maximum absolute atomic E-state index is 13.6. The first-order valence-corrected chi connectivity index (χ1v) is 18.5. The van der Waals surface area contributed by atoms with Gasteiger partial charge in [-0.25, -0.2) is 19.6 Å². The van der Waals surface area contributed by atoms with E-state index < -0.39 is 47.8 Å². The molecule has 15 nitrogen and oxygen atoms in total. The lowest BCUT2D eigenvalue weighted by Gasteiger charge is -2.31. The van der Waals surface area contributed by atoms with Crippen molar-refractivity contribution in [3.63, 3.8) is 0 Å². The van der Waals surface area contributed by atoms with E-state index in [4.69, 9.17) is 20.2 Å². The molecule has 2 aliphatic heterocycles. The third-order valence-electron chi connectivity index (χ3n) is 9.93. The highest BCUT2D eigenvalue weighted by Crippen LogP contribution is 2.40. The van der Waals surface area contributed by atoms with Crippen molar-refractivity contribution in [2.45, 2.75) is 110 Å². The lowest BCUT2D eigenvalue weighted by atomic mass is 9.86. The van der Waals surface area contributed by atoms with Crippen molar-refractivity contribution >= 4 is 46.4 Å². The number of nitrogens with one attached hydrogen (secondary N) is 1. The van der Waals surface area contributed by atoms with Gasteiger partial charge in [0.05, 0.1) is 35.4 Å². The fourth-order valence-corrected chi connectivity index (χ4v) is 7.05. The fraction of sp³-hybridized carbons (Fsp3) is 0.487. The van der Waals surface area contributed by atoms with Crippen LogP contribution in [0.25, 0.3) is 22.3 Å². The molecule has 4 amide bonds. The van der Waals surface area contributed by atoms with Gasteiger partial charge in [-0.2, -0.15) is 0 Å². The van der Waals surface area contributed by atoms with Crippen LogP contribution >= 0.6 is 0 Å². The Balaban J connectivity index is 1.29. The lowest BCUT2D eigenvalue weighted by Crippen LogP contribution is -2.46. The van der Waals surface area contributed by atoms with Crippen LogP contribution in [0.1, 0.15) is 101 Å². The predicted molar refractivity (Wildman–Crippen MR) is 200 cm³/mol. The molecule has 0 aliphatic carbocycles. The van der Waals surface area contributed by atoms with Crippen LogP contribution in [0.3, 0.4) is 0 Å². The van der Waals surface area contributed by atoms with Crippen LogP contribution < -0.4 is 21.3 Å². The zero-order chi connectivity index (χ0) is 39.3. The Morgan fingerprint density at radius 2 is 1.85 bits per heavy atom. The Morgan fingerprint density at radius 3 is 2.54 bits per heavy atom. The molecule has 3 aromatic rings. The van der Waals surface area contributed by atoms with E-state index in [1.807, 2.05) is 6.92 Å². The fourth-order valence-electron chi connectivity index (χ4n) is 7.05. The molecule has 0 saturated carbocycles. The van der Waals surface area contributed by atoms with Gasteiger partial charge in [0, 0.05) is 42.6 Å². The molecular formula is C39H48N6O9. The minimum Gasteiger partial charge on any atom is -0.458 e. The zero-order valence-electron chi connectivity index (χ0n) is 31.5. The van der Waals surface area contributed by atoms with Gasteiger partial charge in [-0.3, -0.25) is 19.2 Å². The van der Waals surface area contributed by atoms with Crippen molar-refractivity contribution in [1.82, 2.24) is 19.8 Å². The van der Waals surface area contributed by atoms with Crippen molar-refractivity contribution in [3.05, 3.63) is 56.9 Å². The summed E-state index contributed by atoms with van der Waals surface area (Å²) in [6.45, 7) is 7.42. The van der Waals surface area contributed by atoms with Gasteiger partial charge in [0.1, 0.15) is 18.1 Å². The maximum Gasteiger partial charge on any atom is 0.415 e. The van der Waals surface area contributed by atoms with Crippen molar-refractivity contribution in [3.8, 4) is 17.1 Å². The number of nitrogens with two attached hydrogens (primary N) is 1. The monoisotopic (exact) mass is 744 g/mol. The molecule has 0 unspecified atom stereocenters. The normalized spacial score (nSPS) is 16.6. The SMILES string of the molecule is CCCCCCCC(=O)N=C(CC(N)=O)C(=O)N[C@H](C)CN(C)C(=O)Oc1ccc2nc3c(c(CC)c2c1)Cn1c-3cc2c(c1=O)COC(=O)[C@]2(O)CC. The average Bonchev–Trinajstić information content (AvgIpc) is 3.50. The molecule has 2 aliphatic rings. The van der Waals surface area contributed by atoms with Gasteiger partial charge < -0.3 is 35.1 Å². The number of hydrogen-bond acceptors (Lipinski definition) is 10. The van der Waals surface area contributed by atoms with Gasteiger partial charge >= 0.3 is 12.1 Å². The summed E-state index contributed by atoms with van der Waals surface area (Å²) in [6, 6.07) is 6.09. The minimum absolute atomic E-state index is 0.0312. The molecule has 0 bridgehead atoms. The minimum atomic E-state index is -1.93. The molecule has 15 heteroatoms. The molecular weight excluding hydrogens is 696 g/mol. The molecule has 54 heavy (non-hydrogen) atoms. The molecule has 0 radical (unpaired) electrons. The molecule has 0 spiro atoms. The number of amides is 4. The van der Waals surface area contributed by atoms with E-state index in [1.54, 1.807) is 42.7 Å². The van der Waals surface area contributed by atoms with Crippen molar-refractivity contribution in [2.24, 2.45) is 10.7 Å². The quantitative estimate of drug-likeness (QED) is 0.0910. The number of hydrogen-bond donors (Lipinski definition) is 3. The standard InChI is InChI=1S/C39H48N6O9/c1-6-9-10-11-12-13-33(47)42-30(18-32(40)46)35(48)41-22(4)19-44(5)38(51)54-23-14-15-29-25(16-23)24(7-2)26-20-45-31(34(26)43-29)17-28-27(36(45)49)21-53-37(50)39(28,52)8-3/h14-17,22,52H,6-13,18-21H2,1-5H3,(H2,40,46)(H,41,48)/t22-,39+/m1/s1. The zero-order valence-corrected chi connectivity index (χ0v) is 31.5. The average molecular weight is 745 g/mol. The Kier molecular flexibility index (Phi) is 12.3. The Hall–Kier alpha value is -5.44. The molecule has 2 atom stereocenters. The number of aliphatic hydroxyl groups is 1. The number of cyclic esters (lactones) is 1. The summed E-state index contributed by atoms with van der Waals surface area (Å²) in [5, 5.41) is 14.6. The van der Waals surface area contributed by atoms with Gasteiger partial charge in [0.15, 0.2) is 5.60 Å². The summed E-state index contributed by atoms with van der Waals surface area (Å²) < 4.78 is 12.5. The number of benzene rings is 1. The summed E-state index contributed by atoms with van der Waals surface area (Å²) >= 11 is 0. The van der Waals surface area contributed by atoms with E-state index in [0.29, 0.717) is 29.7 Å². The number of aryl methyl sites for hydroxylation is 1. The van der Waals surface area contributed by atoms with Crippen LogP contribution in [0.4, 0.5) is 4.79 Å². The van der Waals surface area contributed by atoms with Crippen LogP contribution in [0.15, 0.2) is 34.1 Å². The van der Waals surface area contributed by atoms with Gasteiger partial charge in [-0.1, -0.05) is 46.5 Å². The third kappa shape index (κ3) is 8.20. The number of likely N-dealkylation sites (N-methyl/N-ethyl adjacent to an activating group) is 1. The number of aliphatic imine (C=N–C) groups is 1. The summed E-state index contributed by atoms with van der Waals surface area (Å²) in [7, 11) is 1.51. The van der Waals surface area contributed by atoms with E-state index in [0.717, 1.165) is 42.2 Å². The van der Waals surface area contributed by atoms with Gasteiger partial charge in [-0.05, 0) is 56.0 Å². The number of ether oxygens (including phenoxy) is 2. The number of esters is 1. The smallest absolute Gasteiger partial charge is 0.415 e. The molecule has 0 saturated heterocycles. The highest BCUT2D eigenvalue weighted by molar-refractivity contribution is 6.43. The Bertz CT molecular complexity index is 2090. The molecule has 2 aromatic heterocycles. The van der Waals surface area contributed by atoms with Crippen molar-refractivity contribution in [1.29, 1.82) is 0 Å². The number of primary amides is 1. The summed E-state index contributed by atoms with van der Waals surface area (Å²) in [4.78, 5) is 86.4. The molecule has 1 aromatic carbocycles. The number of carbonyl (C=O) groups excluding carboxylic acids is 5. The molecule has 0 fully saturated rings. The van der Waals surface area contributed by atoms with E-state index in [1.165, 1.54) is 11.9 Å². The Morgan fingerprint density at radius 1 is 1.11 bits per heavy atom. The summed E-state index contributed by atoms with van der Waals surface area (Å²) in [5.41, 5.74) is 6.62. The maximum atomic E-state index is 13.6. The number of pyridine rings is 2. The van der Waals surface area contributed by atoms with Crippen LogP contribution in [0.5, 0.6) is 5.75 Å². The molecule has 4 heterocycles. The molecule has 4 N–H and O–H groups in total. The Labute approximate surface area is 312 Å². The number of carbonyl (C=O) groups is 5. The number of aromatic nitrogens is 2. The van der Waals surface area contributed by atoms with E-state index in [9.17, 15) is 33.9 Å². The van der Waals surface area contributed by atoms with Crippen molar-refractivity contribution < 1.29 is 38.6 Å². The second kappa shape index (κ2) is 16.7. The molecule has 288 valence electrons. The van der Waals surface area contributed by atoms with E-state index in [-0.39, 0.29) is 60.7 Å². The van der Waals surface area contributed by atoms with Gasteiger partial charge in [0.2, 0.25) is 11.8 Å².